The summed E-state index contributed by atoms with van der Waals surface area (Å²) in [5.74, 6) is 1.86. The second kappa shape index (κ2) is 9.85. The molecule has 0 aliphatic heterocycles. The molecule has 1 amide bonds. The number of nitrogens with one attached hydrogen (secondary N) is 1. The van der Waals surface area contributed by atoms with Crippen LogP contribution in [0.5, 0.6) is 5.75 Å². The summed E-state index contributed by atoms with van der Waals surface area (Å²) in [7, 11) is 0. The summed E-state index contributed by atoms with van der Waals surface area (Å²) in [4.78, 5) is 12.3. The minimum atomic E-state index is -0.241. The summed E-state index contributed by atoms with van der Waals surface area (Å²) in [6, 6.07) is 9.65. The number of hydrogen-bond donors (Lipinski definition) is 1. The first-order valence-corrected chi connectivity index (χ1v) is 10.5. The van der Waals surface area contributed by atoms with Crippen molar-refractivity contribution in [1.82, 2.24) is 15.1 Å². The van der Waals surface area contributed by atoms with E-state index in [2.05, 4.69) is 36.4 Å². The number of carbonyl (C=O) groups is 1. The van der Waals surface area contributed by atoms with E-state index in [0.717, 1.165) is 29.0 Å². The molecule has 0 radical (unpaired) electrons. The van der Waals surface area contributed by atoms with Crippen molar-refractivity contribution in [3.63, 3.8) is 0 Å². The van der Waals surface area contributed by atoms with Gasteiger partial charge in [-0.05, 0) is 55.5 Å². The van der Waals surface area contributed by atoms with Gasteiger partial charge in [0, 0.05) is 19.3 Å². The summed E-state index contributed by atoms with van der Waals surface area (Å²) in [5.41, 5.74) is 3.09. The Hall–Kier alpha value is -2.73. The maximum atomic E-state index is 12.3. The molecule has 0 unspecified atom stereocenters. The topological polar surface area (TPSA) is 69.3 Å². The van der Waals surface area contributed by atoms with E-state index in [4.69, 9.17) is 20.8 Å². The molecule has 6 nitrogen and oxygen atoms in total. The first-order chi connectivity index (χ1) is 14.3. The normalized spacial score (nSPS) is 11.1. The third kappa shape index (κ3) is 5.66. The lowest BCUT2D eigenvalue weighted by Crippen LogP contribution is -2.24. The predicted molar refractivity (Wildman–Crippen MR) is 117 cm³/mol. The van der Waals surface area contributed by atoms with Crippen LogP contribution in [-0.2, 0) is 13.2 Å². The highest BCUT2D eigenvalue weighted by atomic mass is 35.5. The third-order valence-electron chi connectivity index (χ3n) is 4.78. The van der Waals surface area contributed by atoms with Crippen LogP contribution < -0.4 is 10.1 Å². The van der Waals surface area contributed by atoms with Crippen molar-refractivity contribution >= 4 is 17.5 Å². The molecule has 0 aliphatic carbocycles. The van der Waals surface area contributed by atoms with Gasteiger partial charge in [-0.1, -0.05) is 37.6 Å². The lowest BCUT2D eigenvalue weighted by molar-refractivity contribution is 0.0920. The molecule has 3 rings (SSSR count). The zero-order chi connectivity index (χ0) is 21.7. The Bertz CT molecular complexity index is 988. The molecule has 0 atom stereocenters. The third-order valence-corrected chi connectivity index (χ3v) is 5.15. The van der Waals surface area contributed by atoms with E-state index < -0.39 is 0 Å². The van der Waals surface area contributed by atoms with E-state index in [-0.39, 0.29) is 18.3 Å². The lowest BCUT2D eigenvalue weighted by Gasteiger charge is -2.14. The van der Waals surface area contributed by atoms with Gasteiger partial charge in [0.2, 0.25) is 0 Å². The molecule has 3 aromatic rings. The molecule has 2 aromatic heterocycles. The Kier molecular flexibility index (Phi) is 7.21. The highest BCUT2D eigenvalue weighted by molar-refractivity contribution is 6.31. The Morgan fingerprint density at radius 2 is 2.07 bits per heavy atom. The van der Waals surface area contributed by atoms with Crippen molar-refractivity contribution in [1.29, 1.82) is 0 Å². The zero-order valence-corrected chi connectivity index (χ0v) is 18.6. The van der Waals surface area contributed by atoms with Crippen molar-refractivity contribution < 1.29 is 13.9 Å². The molecule has 0 spiro atoms. The second-order valence-electron chi connectivity index (χ2n) is 7.69. The number of aryl methyl sites for hydroxylation is 3. The maximum absolute atomic E-state index is 12.3. The summed E-state index contributed by atoms with van der Waals surface area (Å²) >= 11 is 6.00. The Labute approximate surface area is 182 Å². The molecular formula is C23H28ClN3O3. The number of hydrogen-bond acceptors (Lipinski definition) is 4. The molecular weight excluding hydrogens is 402 g/mol. The van der Waals surface area contributed by atoms with Gasteiger partial charge in [-0.15, -0.1) is 0 Å². The van der Waals surface area contributed by atoms with E-state index in [9.17, 15) is 4.79 Å². The van der Waals surface area contributed by atoms with Crippen molar-refractivity contribution in [2.75, 3.05) is 6.54 Å². The Balaban J connectivity index is 1.48. The van der Waals surface area contributed by atoms with Crippen molar-refractivity contribution in [2.45, 2.75) is 53.2 Å². The van der Waals surface area contributed by atoms with Crippen LogP contribution in [-0.4, -0.2) is 22.2 Å². The van der Waals surface area contributed by atoms with Crippen molar-refractivity contribution in [3.8, 4) is 5.75 Å². The fraction of sp³-hybridized carbons (Fsp3) is 0.391. The van der Waals surface area contributed by atoms with Crippen LogP contribution in [0.3, 0.4) is 0 Å². The lowest BCUT2D eigenvalue weighted by atomic mass is 10.0. The molecule has 0 bridgehead atoms. The van der Waals surface area contributed by atoms with Crippen LogP contribution in [0.25, 0.3) is 0 Å². The first-order valence-electron chi connectivity index (χ1n) is 10.1. The Morgan fingerprint density at radius 3 is 2.77 bits per heavy atom. The van der Waals surface area contributed by atoms with Gasteiger partial charge < -0.3 is 14.5 Å². The molecule has 1 N–H and O–H groups in total. The standard InChI is InChI=1S/C23H28ClN3O3/c1-15(2)19-8-6-16(3)12-22(19)29-14-18-7-9-21(30-18)23(28)25-10-5-11-27-13-20(24)17(4)26-27/h6-9,12-13,15H,5,10-11,14H2,1-4H3,(H,25,28). The first kappa shape index (κ1) is 22.0. The van der Waals surface area contributed by atoms with E-state index in [1.54, 1.807) is 23.0 Å². The molecule has 160 valence electrons. The molecule has 1 aromatic carbocycles. The van der Waals surface area contributed by atoms with Gasteiger partial charge in [-0.3, -0.25) is 9.48 Å². The van der Waals surface area contributed by atoms with Gasteiger partial charge in [0.05, 0.1) is 10.7 Å². The van der Waals surface area contributed by atoms with Gasteiger partial charge >= 0.3 is 0 Å². The smallest absolute Gasteiger partial charge is 0.286 e. The van der Waals surface area contributed by atoms with Crippen LogP contribution in [0, 0.1) is 13.8 Å². The average Bonchev–Trinajstić information content (AvgIpc) is 3.30. The number of amides is 1. The minimum absolute atomic E-state index is 0.241. The summed E-state index contributed by atoms with van der Waals surface area (Å²) < 4.78 is 13.4. The highest BCUT2D eigenvalue weighted by Crippen LogP contribution is 2.28. The number of rotatable bonds is 9. The van der Waals surface area contributed by atoms with Crippen LogP contribution in [0.4, 0.5) is 0 Å². The van der Waals surface area contributed by atoms with Crippen LogP contribution in [0.2, 0.25) is 5.02 Å². The maximum Gasteiger partial charge on any atom is 0.286 e. The number of furan rings is 1. The second-order valence-corrected chi connectivity index (χ2v) is 8.09. The number of benzene rings is 1. The number of halogens is 1. The summed E-state index contributed by atoms with van der Waals surface area (Å²) in [5, 5.41) is 7.81. The monoisotopic (exact) mass is 429 g/mol. The van der Waals surface area contributed by atoms with Gasteiger partial charge in [-0.25, -0.2) is 0 Å². The van der Waals surface area contributed by atoms with Gasteiger partial charge in [0.25, 0.3) is 5.91 Å². The van der Waals surface area contributed by atoms with E-state index >= 15 is 0 Å². The van der Waals surface area contributed by atoms with Crippen molar-refractivity contribution in [2.24, 2.45) is 0 Å². The fourth-order valence-corrected chi connectivity index (χ4v) is 3.26. The molecule has 7 heteroatoms. The number of carbonyl (C=O) groups excluding carboxylic acids is 1. The van der Waals surface area contributed by atoms with Gasteiger partial charge in [0.1, 0.15) is 18.1 Å². The minimum Gasteiger partial charge on any atom is -0.485 e. The number of ether oxygens (including phenoxy) is 1. The van der Waals surface area contributed by atoms with E-state index in [1.807, 2.05) is 19.9 Å². The molecule has 0 saturated heterocycles. The summed E-state index contributed by atoms with van der Waals surface area (Å²) in [6.07, 6.45) is 2.53. The summed E-state index contributed by atoms with van der Waals surface area (Å²) in [6.45, 7) is 9.64. The van der Waals surface area contributed by atoms with Gasteiger partial charge in [-0.2, -0.15) is 5.10 Å². The van der Waals surface area contributed by atoms with Crippen molar-refractivity contribution in [3.05, 3.63) is 69.9 Å². The average molecular weight is 430 g/mol. The quantitative estimate of drug-likeness (QED) is 0.470. The molecule has 30 heavy (non-hydrogen) atoms. The van der Waals surface area contributed by atoms with Crippen LogP contribution in [0.15, 0.2) is 40.9 Å². The van der Waals surface area contributed by atoms with Crippen LogP contribution >= 0.6 is 11.6 Å². The number of nitrogens with zero attached hydrogens (tertiary/aromatic N) is 2. The van der Waals surface area contributed by atoms with E-state index in [1.165, 1.54) is 0 Å². The molecule has 0 fully saturated rings. The fourth-order valence-electron chi connectivity index (χ4n) is 3.11. The SMILES string of the molecule is Cc1ccc(C(C)C)c(OCc2ccc(C(=O)NCCCn3cc(Cl)c(C)n3)o2)c1. The van der Waals surface area contributed by atoms with E-state index in [0.29, 0.717) is 29.8 Å². The molecule has 0 aliphatic rings. The largest absolute Gasteiger partial charge is 0.485 e. The Morgan fingerprint density at radius 1 is 1.27 bits per heavy atom. The zero-order valence-electron chi connectivity index (χ0n) is 17.9. The van der Waals surface area contributed by atoms with Crippen LogP contribution in [0.1, 0.15) is 59.3 Å². The predicted octanol–water partition coefficient (Wildman–Crippen LogP) is 5.27. The van der Waals surface area contributed by atoms with Gasteiger partial charge in [0.15, 0.2) is 5.76 Å². The number of aromatic nitrogens is 2. The molecule has 0 saturated carbocycles. The highest BCUT2D eigenvalue weighted by Gasteiger charge is 2.13. The molecule has 2 heterocycles.